The lowest BCUT2D eigenvalue weighted by Gasteiger charge is -2.24. The SMILES string of the molecule is NC(CO)(CO)CCc1ccc(OCCCCCCNC(=O)CCCCC2SCC3NC(=O)NC32)cc1. The molecule has 0 aliphatic carbocycles. The number of amides is 3. The third-order valence-electron chi connectivity index (χ3n) is 7.21. The average Bonchev–Trinajstić information content (AvgIpc) is 3.46. The molecule has 0 bridgehead atoms. The van der Waals surface area contributed by atoms with E-state index in [9.17, 15) is 19.8 Å². The van der Waals surface area contributed by atoms with Crippen LogP contribution in [0.15, 0.2) is 24.3 Å². The molecule has 2 aliphatic rings. The average molecular weight is 537 g/mol. The van der Waals surface area contributed by atoms with E-state index in [0.29, 0.717) is 31.1 Å². The van der Waals surface area contributed by atoms with Crippen LogP contribution in [0.4, 0.5) is 4.79 Å². The second kappa shape index (κ2) is 15.4. The monoisotopic (exact) mass is 536 g/mol. The molecule has 0 radical (unpaired) electrons. The third kappa shape index (κ3) is 10.00. The fourth-order valence-electron chi connectivity index (χ4n) is 4.71. The number of nitrogens with two attached hydrogens (primary N) is 1. The Morgan fingerprint density at radius 2 is 1.84 bits per heavy atom. The van der Waals surface area contributed by atoms with E-state index in [0.717, 1.165) is 68.6 Å². The van der Waals surface area contributed by atoms with E-state index in [1.165, 1.54) is 0 Å². The van der Waals surface area contributed by atoms with Crippen molar-refractivity contribution in [1.29, 1.82) is 0 Å². The predicted molar refractivity (Wildman–Crippen MR) is 147 cm³/mol. The smallest absolute Gasteiger partial charge is 0.315 e. The summed E-state index contributed by atoms with van der Waals surface area (Å²) < 4.78 is 5.81. The van der Waals surface area contributed by atoms with Crippen LogP contribution in [0.2, 0.25) is 0 Å². The van der Waals surface area contributed by atoms with Crippen molar-refractivity contribution in [2.24, 2.45) is 5.73 Å². The first-order valence-corrected chi connectivity index (χ1v) is 14.6. The first kappa shape index (κ1) is 29.5. The Kier molecular flexibility index (Phi) is 12.3. The number of benzene rings is 1. The molecule has 1 aromatic carbocycles. The van der Waals surface area contributed by atoms with Crippen LogP contribution >= 0.6 is 11.8 Å². The molecule has 3 unspecified atom stereocenters. The Balaban J connectivity index is 1.13. The van der Waals surface area contributed by atoms with Crippen LogP contribution in [0.5, 0.6) is 5.75 Å². The molecule has 0 aromatic heterocycles. The minimum Gasteiger partial charge on any atom is -0.494 e. The number of rotatable bonds is 18. The number of aliphatic hydroxyl groups is 2. The molecule has 2 fully saturated rings. The first-order valence-electron chi connectivity index (χ1n) is 13.6. The fourth-order valence-corrected chi connectivity index (χ4v) is 6.26. The summed E-state index contributed by atoms with van der Waals surface area (Å²) in [6.07, 6.45) is 8.76. The molecule has 0 saturated carbocycles. The van der Waals surface area contributed by atoms with Crippen LogP contribution < -0.4 is 26.4 Å². The normalized spacial score (nSPS) is 20.8. The van der Waals surface area contributed by atoms with Gasteiger partial charge in [0.05, 0.1) is 37.4 Å². The standard InChI is InChI=1S/C27H44N4O5S/c28-27(18-32,19-33)14-13-20-9-11-21(12-10-20)36-16-6-2-1-5-15-29-24(34)8-4-3-7-23-25-22(17-37-23)30-26(35)31-25/h9-12,22-23,25,32-33H,1-8,13-19,28H2,(H,29,34)(H2,30,31,35). The Morgan fingerprint density at radius 1 is 1.08 bits per heavy atom. The molecule has 2 aliphatic heterocycles. The van der Waals surface area contributed by atoms with Gasteiger partial charge in [0.1, 0.15) is 5.75 Å². The Bertz CT molecular complexity index is 837. The summed E-state index contributed by atoms with van der Waals surface area (Å²) in [7, 11) is 0. The zero-order valence-corrected chi connectivity index (χ0v) is 22.6. The van der Waals surface area contributed by atoms with Crippen molar-refractivity contribution in [2.75, 3.05) is 32.1 Å². The van der Waals surface area contributed by atoms with Gasteiger partial charge in [-0.25, -0.2) is 4.79 Å². The number of carbonyl (C=O) groups excluding carboxylic acids is 2. The summed E-state index contributed by atoms with van der Waals surface area (Å²) in [4.78, 5) is 23.5. The van der Waals surface area contributed by atoms with E-state index in [2.05, 4.69) is 16.0 Å². The van der Waals surface area contributed by atoms with E-state index in [-0.39, 0.29) is 37.2 Å². The number of aryl methyl sites for hydroxylation is 1. The van der Waals surface area contributed by atoms with Crippen LogP contribution in [0.25, 0.3) is 0 Å². The zero-order valence-electron chi connectivity index (χ0n) is 21.8. The number of carbonyl (C=O) groups is 2. The zero-order chi connectivity index (χ0) is 26.5. The summed E-state index contributed by atoms with van der Waals surface area (Å²) in [5.74, 6) is 1.93. The highest BCUT2D eigenvalue weighted by atomic mass is 32.2. The lowest BCUT2D eigenvalue weighted by atomic mass is 9.94. The van der Waals surface area contributed by atoms with Crippen molar-refractivity contribution in [3.8, 4) is 5.75 Å². The van der Waals surface area contributed by atoms with Crippen LogP contribution in [0.3, 0.4) is 0 Å². The Hall–Kier alpha value is -2.01. The van der Waals surface area contributed by atoms with E-state index in [4.69, 9.17) is 10.5 Å². The van der Waals surface area contributed by atoms with E-state index in [1.807, 2.05) is 36.0 Å². The maximum atomic E-state index is 12.1. The highest BCUT2D eigenvalue weighted by molar-refractivity contribution is 8.00. The largest absolute Gasteiger partial charge is 0.494 e. The number of urea groups is 1. The lowest BCUT2D eigenvalue weighted by Crippen LogP contribution is -2.47. The Labute approximate surface area is 224 Å². The van der Waals surface area contributed by atoms with Crippen molar-refractivity contribution in [1.82, 2.24) is 16.0 Å². The van der Waals surface area contributed by atoms with Crippen molar-refractivity contribution in [3.05, 3.63) is 29.8 Å². The van der Waals surface area contributed by atoms with Crippen LogP contribution in [-0.4, -0.2) is 77.1 Å². The molecular formula is C27H44N4O5S. The van der Waals surface area contributed by atoms with E-state index >= 15 is 0 Å². The molecule has 3 amide bonds. The second-order valence-electron chi connectivity index (χ2n) is 10.3. The molecule has 0 spiro atoms. The summed E-state index contributed by atoms with van der Waals surface area (Å²) in [5.41, 5.74) is 6.07. The second-order valence-corrected chi connectivity index (χ2v) is 11.6. The fraction of sp³-hybridized carbons (Fsp3) is 0.704. The van der Waals surface area contributed by atoms with Crippen molar-refractivity contribution in [3.63, 3.8) is 0 Å². The van der Waals surface area contributed by atoms with Gasteiger partial charge in [-0.15, -0.1) is 0 Å². The molecule has 9 nitrogen and oxygen atoms in total. The maximum absolute atomic E-state index is 12.1. The van der Waals surface area contributed by atoms with Gasteiger partial charge in [-0.1, -0.05) is 31.4 Å². The molecule has 1 aromatic rings. The molecule has 7 N–H and O–H groups in total. The minimum absolute atomic E-state index is 0.0478. The highest BCUT2D eigenvalue weighted by Gasteiger charge is 2.42. The third-order valence-corrected chi connectivity index (χ3v) is 8.72. The van der Waals surface area contributed by atoms with Gasteiger partial charge in [0.25, 0.3) is 0 Å². The van der Waals surface area contributed by atoms with Gasteiger partial charge in [0.15, 0.2) is 0 Å². The number of hydrogen-bond donors (Lipinski definition) is 6. The number of aliphatic hydroxyl groups excluding tert-OH is 2. The first-order chi connectivity index (χ1) is 17.9. The van der Waals surface area contributed by atoms with Gasteiger partial charge in [0, 0.05) is 24.0 Å². The minimum atomic E-state index is -0.939. The van der Waals surface area contributed by atoms with Gasteiger partial charge in [0.2, 0.25) is 5.91 Å². The molecular weight excluding hydrogens is 492 g/mol. The molecule has 3 rings (SSSR count). The van der Waals surface area contributed by atoms with Gasteiger partial charge >= 0.3 is 6.03 Å². The number of nitrogens with one attached hydrogen (secondary N) is 3. The molecule has 3 atom stereocenters. The summed E-state index contributed by atoms with van der Waals surface area (Å²) in [6.45, 7) is 0.907. The molecule has 10 heteroatoms. The quantitative estimate of drug-likeness (QED) is 0.124. The lowest BCUT2D eigenvalue weighted by molar-refractivity contribution is -0.121. The van der Waals surface area contributed by atoms with Crippen LogP contribution in [-0.2, 0) is 11.2 Å². The molecule has 2 saturated heterocycles. The van der Waals surface area contributed by atoms with Gasteiger partial charge < -0.3 is 36.6 Å². The highest BCUT2D eigenvalue weighted by Crippen LogP contribution is 2.33. The summed E-state index contributed by atoms with van der Waals surface area (Å²) in [5, 5.41) is 28.0. The number of fused-ring (bicyclic) bond motifs is 1. The summed E-state index contributed by atoms with van der Waals surface area (Å²) >= 11 is 1.92. The van der Waals surface area contributed by atoms with E-state index < -0.39 is 5.54 Å². The van der Waals surface area contributed by atoms with Gasteiger partial charge in [-0.05, 0) is 56.2 Å². The molecule has 2 heterocycles. The molecule has 208 valence electrons. The Morgan fingerprint density at radius 3 is 2.59 bits per heavy atom. The maximum Gasteiger partial charge on any atom is 0.315 e. The van der Waals surface area contributed by atoms with E-state index in [1.54, 1.807) is 0 Å². The van der Waals surface area contributed by atoms with Crippen LogP contribution in [0.1, 0.15) is 63.4 Å². The number of hydrogen-bond acceptors (Lipinski definition) is 7. The van der Waals surface area contributed by atoms with Crippen molar-refractivity contribution in [2.45, 2.75) is 87.1 Å². The van der Waals surface area contributed by atoms with Crippen molar-refractivity contribution < 1.29 is 24.5 Å². The number of unbranched alkanes of at least 4 members (excludes halogenated alkanes) is 4. The topological polar surface area (TPSA) is 146 Å². The van der Waals surface area contributed by atoms with Crippen LogP contribution in [0, 0.1) is 0 Å². The molecule has 37 heavy (non-hydrogen) atoms. The number of thioether (sulfide) groups is 1. The van der Waals surface area contributed by atoms with Gasteiger partial charge in [-0.3, -0.25) is 4.79 Å². The van der Waals surface area contributed by atoms with Crippen molar-refractivity contribution >= 4 is 23.7 Å². The summed E-state index contributed by atoms with van der Waals surface area (Å²) in [6, 6.07) is 8.31. The van der Waals surface area contributed by atoms with Gasteiger partial charge in [-0.2, -0.15) is 11.8 Å². The predicted octanol–water partition coefficient (Wildman–Crippen LogP) is 2.08. The number of ether oxygens (including phenoxy) is 1.